The maximum Gasteiger partial charge on any atom is 0.263 e. The second kappa shape index (κ2) is 9.42. The van der Waals surface area contributed by atoms with Gasteiger partial charge in [-0.3, -0.25) is 9.52 Å². The maximum absolute atomic E-state index is 12.9. The average molecular weight is 478 g/mol. The Hall–Kier alpha value is -3.46. The molecule has 1 N–H and O–H groups in total. The minimum Gasteiger partial charge on any atom is -0.368 e. The van der Waals surface area contributed by atoms with Crippen LogP contribution in [0.5, 0.6) is 0 Å². The molecule has 1 fully saturated rings. The number of nitrogens with one attached hydrogen (secondary N) is 1. The fraction of sp³-hybridized carbons (Fsp3) is 0.320. The molecule has 1 aliphatic heterocycles. The molecule has 0 spiro atoms. The fourth-order valence-electron chi connectivity index (χ4n) is 4.77. The standard InChI is InChI=1S/C25H27N5O3S/c31-25(17-19-15-20-3-1-2-4-21(20)16-19)30-13-11-29(12-14-30)22-5-7-23(8-6-22)34(32,33)28-24-9-10-26-18-27-24/h1-10,18-19H,11-17H2,(H,26,27,28). The van der Waals surface area contributed by atoms with E-state index in [1.807, 2.05) is 17.0 Å². The molecule has 1 aromatic heterocycles. The highest BCUT2D eigenvalue weighted by molar-refractivity contribution is 7.92. The van der Waals surface area contributed by atoms with Gasteiger partial charge in [0.25, 0.3) is 10.0 Å². The molecular weight excluding hydrogens is 450 g/mol. The van der Waals surface area contributed by atoms with Crippen LogP contribution in [0.1, 0.15) is 17.5 Å². The van der Waals surface area contributed by atoms with Gasteiger partial charge in [-0.2, -0.15) is 0 Å². The monoisotopic (exact) mass is 477 g/mol. The van der Waals surface area contributed by atoms with E-state index >= 15 is 0 Å². The fourth-order valence-corrected chi connectivity index (χ4v) is 5.78. The SMILES string of the molecule is O=C(CC1Cc2ccccc2C1)N1CCN(c2ccc(S(=O)(=O)Nc3ccncn3)cc2)CC1. The second-order valence-corrected chi connectivity index (χ2v) is 10.5. The zero-order valence-electron chi connectivity index (χ0n) is 18.8. The van der Waals surface area contributed by atoms with Crippen LogP contribution in [0.25, 0.3) is 0 Å². The lowest BCUT2D eigenvalue weighted by atomic mass is 10.0. The van der Waals surface area contributed by atoms with Gasteiger partial charge in [0.2, 0.25) is 5.91 Å². The van der Waals surface area contributed by atoms with Crippen LogP contribution in [0, 0.1) is 5.92 Å². The molecule has 3 aromatic rings. The number of carbonyl (C=O) groups excluding carboxylic acids is 1. The number of carbonyl (C=O) groups is 1. The van der Waals surface area contributed by atoms with E-state index in [2.05, 4.69) is 43.9 Å². The van der Waals surface area contributed by atoms with E-state index in [0.29, 0.717) is 25.4 Å². The van der Waals surface area contributed by atoms with Crippen molar-refractivity contribution in [2.24, 2.45) is 5.92 Å². The van der Waals surface area contributed by atoms with Crippen molar-refractivity contribution in [2.45, 2.75) is 24.2 Å². The molecule has 8 nitrogen and oxygen atoms in total. The van der Waals surface area contributed by atoms with E-state index in [1.54, 1.807) is 12.1 Å². The van der Waals surface area contributed by atoms with Gasteiger partial charge in [-0.15, -0.1) is 0 Å². The molecule has 34 heavy (non-hydrogen) atoms. The van der Waals surface area contributed by atoms with Crippen molar-refractivity contribution < 1.29 is 13.2 Å². The Bertz CT molecular complexity index is 1230. The lowest BCUT2D eigenvalue weighted by molar-refractivity contribution is -0.132. The van der Waals surface area contributed by atoms with Crippen LogP contribution in [-0.2, 0) is 27.7 Å². The van der Waals surface area contributed by atoms with Crippen molar-refractivity contribution >= 4 is 27.4 Å². The van der Waals surface area contributed by atoms with E-state index in [4.69, 9.17) is 0 Å². The van der Waals surface area contributed by atoms with Crippen molar-refractivity contribution in [3.8, 4) is 0 Å². The summed E-state index contributed by atoms with van der Waals surface area (Å²) in [6, 6.07) is 16.8. The molecule has 0 atom stereocenters. The molecule has 2 aliphatic rings. The molecule has 0 radical (unpaired) electrons. The number of rotatable bonds is 6. The van der Waals surface area contributed by atoms with Gasteiger partial charge in [0.15, 0.2) is 0 Å². The van der Waals surface area contributed by atoms with Crippen molar-refractivity contribution in [3.05, 3.63) is 78.2 Å². The van der Waals surface area contributed by atoms with Crippen LogP contribution in [0.3, 0.4) is 0 Å². The lowest BCUT2D eigenvalue weighted by Crippen LogP contribution is -2.49. The van der Waals surface area contributed by atoms with Crippen LogP contribution >= 0.6 is 0 Å². The number of piperazine rings is 1. The molecule has 1 amide bonds. The number of nitrogens with zero attached hydrogens (tertiary/aromatic N) is 4. The van der Waals surface area contributed by atoms with Crippen LogP contribution in [0.2, 0.25) is 0 Å². The minimum atomic E-state index is -3.72. The molecule has 5 rings (SSSR count). The number of sulfonamides is 1. The van der Waals surface area contributed by atoms with Crippen molar-refractivity contribution in [3.63, 3.8) is 0 Å². The first-order valence-corrected chi connectivity index (χ1v) is 12.9. The Kier molecular flexibility index (Phi) is 6.19. The van der Waals surface area contributed by atoms with E-state index in [0.717, 1.165) is 31.6 Å². The zero-order chi connectivity index (χ0) is 23.5. The predicted octanol–water partition coefficient (Wildman–Crippen LogP) is 2.73. The summed E-state index contributed by atoms with van der Waals surface area (Å²) in [7, 11) is -3.72. The maximum atomic E-state index is 12.9. The summed E-state index contributed by atoms with van der Waals surface area (Å²) in [6.07, 6.45) is 5.34. The molecule has 2 aromatic carbocycles. The quantitative estimate of drug-likeness (QED) is 0.587. The Morgan fingerprint density at radius 2 is 1.62 bits per heavy atom. The van der Waals surface area contributed by atoms with Crippen molar-refractivity contribution in [2.75, 3.05) is 35.8 Å². The molecule has 0 bridgehead atoms. The van der Waals surface area contributed by atoms with Crippen LogP contribution in [0.4, 0.5) is 11.5 Å². The third-order valence-corrected chi connectivity index (χ3v) is 7.93. The minimum absolute atomic E-state index is 0.168. The largest absolute Gasteiger partial charge is 0.368 e. The smallest absolute Gasteiger partial charge is 0.263 e. The van der Waals surface area contributed by atoms with Gasteiger partial charge in [0.1, 0.15) is 12.1 Å². The predicted molar refractivity (Wildman–Crippen MR) is 130 cm³/mol. The lowest BCUT2D eigenvalue weighted by Gasteiger charge is -2.36. The van der Waals surface area contributed by atoms with E-state index < -0.39 is 10.0 Å². The summed E-state index contributed by atoms with van der Waals surface area (Å²) in [4.78, 5) is 24.9. The van der Waals surface area contributed by atoms with Gasteiger partial charge in [-0.1, -0.05) is 24.3 Å². The topological polar surface area (TPSA) is 95.5 Å². The number of anilines is 2. The van der Waals surface area contributed by atoms with Crippen LogP contribution in [-0.4, -0.2) is 55.4 Å². The highest BCUT2D eigenvalue weighted by Crippen LogP contribution is 2.29. The summed E-state index contributed by atoms with van der Waals surface area (Å²) < 4.78 is 27.6. The summed E-state index contributed by atoms with van der Waals surface area (Å²) >= 11 is 0. The van der Waals surface area contributed by atoms with Crippen LogP contribution in [0.15, 0.2) is 72.0 Å². The Morgan fingerprint density at radius 3 is 2.24 bits per heavy atom. The number of hydrogen-bond acceptors (Lipinski definition) is 6. The third-order valence-electron chi connectivity index (χ3n) is 6.56. The number of benzene rings is 2. The number of amides is 1. The Labute approximate surface area is 199 Å². The number of aromatic nitrogens is 2. The van der Waals surface area contributed by atoms with Crippen LogP contribution < -0.4 is 9.62 Å². The van der Waals surface area contributed by atoms with Gasteiger partial charge >= 0.3 is 0 Å². The molecular formula is C25H27N5O3S. The molecule has 0 saturated carbocycles. The van der Waals surface area contributed by atoms with E-state index in [1.165, 1.54) is 29.7 Å². The molecule has 1 aliphatic carbocycles. The zero-order valence-corrected chi connectivity index (χ0v) is 19.6. The first-order valence-electron chi connectivity index (χ1n) is 11.5. The molecule has 9 heteroatoms. The van der Waals surface area contributed by atoms with Crippen molar-refractivity contribution in [1.82, 2.24) is 14.9 Å². The molecule has 1 saturated heterocycles. The van der Waals surface area contributed by atoms with Gasteiger partial charge in [0.05, 0.1) is 4.90 Å². The summed E-state index contributed by atoms with van der Waals surface area (Å²) in [5.74, 6) is 0.851. The summed E-state index contributed by atoms with van der Waals surface area (Å²) in [5, 5.41) is 0. The normalized spacial score (nSPS) is 16.4. The molecule has 176 valence electrons. The average Bonchev–Trinajstić information content (AvgIpc) is 3.27. The first kappa shape index (κ1) is 22.3. The molecule has 2 heterocycles. The number of hydrogen-bond donors (Lipinski definition) is 1. The second-order valence-electron chi connectivity index (χ2n) is 8.81. The first-order chi connectivity index (χ1) is 16.5. The highest BCUT2D eigenvalue weighted by Gasteiger charge is 2.27. The van der Waals surface area contributed by atoms with Gasteiger partial charge in [0, 0.05) is 44.5 Å². The van der Waals surface area contributed by atoms with Gasteiger partial charge in [-0.25, -0.2) is 18.4 Å². The van der Waals surface area contributed by atoms with Gasteiger partial charge < -0.3 is 9.80 Å². The van der Waals surface area contributed by atoms with Crippen molar-refractivity contribution in [1.29, 1.82) is 0 Å². The summed E-state index contributed by atoms with van der Waals surface area (Å²) in [6.45, 7) is 2.80. The molecule has 0 unspecified atom stereocenters. The van der Waals surface area contributed by atoms with Gasteiger partial charge in [-0.05, 0) is 60.2 Å². The van der Waals surface area contributed by atoms with E-state index in [9.17, 15) is 13.2 Å². The van der Waals surface area contributed by atoms with E-state index in [-0.39, 0.29) is 16.6 Å². The third kappa shape index (κ3) is 4.89. The number of fused-ring (bicyclic) bond motifs is 1. The Morgan fingerprint density at radius 1 is 0.941 bits per heavy atom. The highest BCUT2D eigenvalue weighted by atomic mass is 32.2. The summed E-state index contributed by atoms with van der Waals surface area (Å²) in [5.41, 5.74) is 3.70. The Balaban J connectivity index is 1.14.